The number of hydrogen-bond donors (Lipinski definition) is 2. The summed E-state index contributed by atoms with van der Waals surface area (Å²) in [6.45, 7) is 0. The molecule has 106 valence electrons. The Morgan fingerprint density at radius 2 is 2.00 bits per heavy atom. The predicted molar refractivity (Wildman–Crippen MR) is 80.4 cm³/mol. The zero-order valence-corrected chi connectivity index (χ0v) is 11.7. The van der Waals surface area contributed by atoms with Gasteiger partial charge < -0.3 is 5.73 Å². The highest BCUT2D eigenvalue weighted by atomic mass is 35.5. The van der Waals surface area contributed by atoms with E-state index < -0.39 is 0 Å². The molecule has 0 unspecified atom stereocenters. The Kier molecular flexibility index (Phi) is 3.58. The molecule has 4 nitrogen and oxygen atoms in total. The van der Waals surface area contributed by atoms with Crippen LogP contribution in [0.3, 0.4) is 0 Å². The summed E-state index contributed by atoms with van der Waals surface area (Å²) in [4.78, 5) is 4.35. The zero-order chi connectivity index (χ0) is 14.8. The molecular formula is C15H12ClFN4. The second-order valence-corrected chi connectivity index (χ2v) is 5.02. The van der Waals surface area contributed by atoms with Crippen LogP contribution >= 0.6 is 11.6 Å². The van der Waals surface area contributed by atoms with Gasteiger partial charge in [0.25, 0.3) is 0 Å². The first kappa shape index (κ1) is 13.6. The Hall–Kier alpha value is -2.40. The maximum Gasteiger partial charge on any atom is 0.181 e. The van der Waals surface area contributed by atoms with Gasteiger partial charge >= 0.3 is 0 Å². The third kappa shape index (κ3) is 2.87. The highest BCUT2D eigenvalue weighted by molar-refractivity contribution is 6.31. The number of aromatic amines is 1. The summed E-state index contributed by atoms with van der Waals surface area (Å²) >= 11 is 6.01. The Morgan fingerprint density at radius 3 is 2.76 bits per heavy atom. The van der Waals surface area contributed by atoms with Crippen molar-refractivity contribution in [3.05, 3.63) is 64.7 Å². The lowest BCUT2D eigenvalue weighted by Gasteiger charge is -2.02. The summed E-state index contributed by atoms with van der Waals surface area (Å²) in [5.74, 6) is 0.702. The van der Waals surface area contributed by atoms with Gasteiger partial charge in [-0.15, -0.1) is 0 Å². The number of nitrogens with two attached hydrogens (primary N) is 1. The van der Waals surface area contributed by atoms with Crippen molar-refractivity contribution in [1.82, 2.24) is 15.2 Å². The summed E-state index contributed by atoms with van der Waals surface area (Å²) in [5, 5.41) is 7.30. The van der Waals surface area contributed by atoms with Crippen molar-refractivity contribution in [3.8, 4) is 11.4 Å². The molecule has 0 saturated heterocycles. The van der Waals surface area contributed by atoms with E-state index in [1.54, 1.807) is 24.3 Å². The minimum absolute atomic E-state index is 0.251. The van der Waals surface area contributed by atoms with Crippen molar-refractivity contribution < 1.29 is 4.39 Å². The minimum Gasteiger partial charge on any atom is -0.399 e. The molecule has 6 heteroatoms. The average Bonchev–Trinajstić information content (AvgIpc) is 2.92. The van der Waals surface area contributed by atoms with Crippen LogP contribution in [-0.2, 0) is 6.42 Å². The van der Waals surface area contributed by atoms with E-state index in [1.807, 2.05) is 12.1 Å². The first-order valence-electron chi connectivity index (χ1n) is 6.33. The predicted octanol–water partition coefficient (Wildman–Crippen LogP) is 3.44. The van der Waals surface area contributed by atoms with E-state index in [2.05, 4.69) is 15.2 Å². The summed E-state index contributed by atoms with van der Waals surface area (Å²) in [7, 11) is 0. The van der Waals surface area contributed by atoms with Gasteiger partial charge in [-0.3, -0.25) is 5.10 Å². The molecule has 0 saturated carbocycles. The van der Waals surface area contributed by atoms with Crippen LogP contribution in [0, 0.1) is 5.82 Å². The van der Waals surface area contributed by atoms with E-state index >= 15 is 0 Å². The third-order valence-electron chi connectivity index (χ3n) is 3.08. The molecule has 0 atom stereocenters. The van der Waals surface area contributed by atoms with E-state index in [4.69, 9.17) is 17.3 Å². The Bertz CT molecular complexity index is 765. The fraction of sp³-hybridized carbons (Fsp3) is 0.0667. The second kappa shape index (κ2) is 5.54. The quantitative estimate of drug-likeness (QED) is 0.728. The topological polar surface area (TPSA) is 67.6 Å². The first-order valence-corrected chi connectivity index (χ1v) is 6.71. The van der Waals surface area contributed by atoms with E-state index in [0.717, 1.165) is 5.56 Å². The molecule has 3 N–H and O–H groups in total. The lowest BCUT2D eigenvalue weighted by atomic mass is 10.1. The van der Waals surface area contributed by atoms with E-state index in [1.165, 1.54) is 6.07 Å². The number of hydrogen-bond acceptors (Lipinski definition) is 3. The van der Waals surface area contributed by atoms with Gasteiger partial charge in [0.15, 0.2) is 5.82 Å². The van der Waals surface area contributed by atoms with Crippen LogP contribution < -0.4 is 5.73 Å². The smallest absolute Gasteiger partial charge is 0.181 e. The summed E-state index contributed by atoms with van der Waals surface area (Å²) < 4.78 is 13.8. The second-order valence-electron chi connectivity index (χ2n) is 4.61. The largest absolute Gasteiger partial charge is 0.399 e. The minimum atomic E-state index is -0.357. The number of aromatic nitrogens is 3. The van der Waals surface area contributed by atoms with Crippen LogP contribution in [0.4, 0.5) is 10.1 Å². The van der Waals surface area contributed by atoms with Crippen molar-refractivity contribution >= 4 is 17.3 Å². The van der Waals surface area contributed by atoms with E-state index in [9.17, 15) is 4.39 Å². The number of H-pyrrole nitrogens is 1. The molecular weight excluding hydrogens is 291 g/mol. The molecule has 21 heavy (non-hydrogen) atoms. The number of nitrogens with zero attached hydrogens (tertiary/aromatic N) is 2. The molecule has 1 aromatic heterocycles. The van der Waals surface area contributed by atoms with Crippen molar-refractivity contribution in [3.63, 3.8) is 0 Å². The van der Waals surface area contributed by atoms with Gasteiger partial charge in [-0.05, 0) is 24.3 Å². The molecule has 1 heterocycles. The number of nitrogen functional groups attached to an aromatic ring is 1. The van der Waals surface area contributed by atoms with E-state index in [-0.39, 0.29) is 12.2 Å². The lowest BCUT2D eigenvalue weighted by Crippen LogP contribution is -1.96. The molecule has 0 radical (unpaired) electrons. The highest BCUT2D eigenvalue weighted by Crippen LogP contribution is 2.22. The molecule has 0 aliphatic carbocycles. The van der Waals surface area contributed by atoms with Gasteiger partial charge in [0, 0.05) is 28.3 Å². The number of nitrogens with one attached hydrogen (secondary N) is 1. The van der Waals surface area contributed by atoms with Crippen molar-refractivity contribution in [2.45, 2.75) is 6.42 Å². The fourth-order valence-corrected chi connectivity index (χ4v) is 2.28. The molecule has 0 aliphatic heterocycles. The third-order valence-corrected chi connectivity index (χ3v) is 3.44. The maximum absolute atomic E-state index is 13.8. The molecule has 0 amide bonds. The monoisotopic (exact) mass is 302 g/mol. The Labute approximate surface area is 125 Å². The van der Waals surface area contributed by atoms with Gasteiger partial charge in [0.1, 0.15) is 11.6 Å². The fourth-order valence-electron chi connectivity index (χ4n) is 2.05. The van der Waals surface area contributed by atoms with Crippen molar-refractivity contribution in [1.29, 1.82) is 0 Å². The summed E-state index contributed by atoms with van der Waals surface area (Å²) in [5.41, 5.74) is 7.57. The Balaban J connectivity index is 1.89. The summed E-state index contributed by atoms with van der Waals surface area (Å²) in [6.07, 6.45) is 0.251. The molecule has 0 aliphatic rings. The van der Waals surface area contributed by atoms with Crippen LogP contribution in [0.1, 0.15) is 11.4 Å². The van der Waals surface area contributed by atoms with Gasteiger partial charge in [0.2, 0.25) is 0 Å². The van der Waals surface area contributed by atoms with E-state index in [0.29, 0.717) is 27.9 Å². The van der Waals surface area contributed by atoms with Crippen LogP contribution in [0.15, 0.2) is 42.5 Å². The van der Waals surface area contributed by atoms with Crippen LogP contribution in [0.25, 0.3) is 11.4 Å². The summed E-state index contributed by atoms with van der Waals surface area (Å²) in [6, 6.07) is 11.8. The molecule has 2 aromatic carbocycles. The Morgan fingerprint density at radius 1 is 1.19 bits per heavy atom. The average molecular weight is 303 g/mol. The normalized spacial score (nSPS) is 10.8. The maximum atomic E-state index is 13.8. The molecule has 0 spiro atoms. The van der Waals surface area contributed by atoms with Gasteiger partial charge in [-0.25, -0.2) is 9.37 Å². The number of benzene rings is 2. The van der Waals surface area contributed by atoms with Crippen LogP contribution in [-0.4, -0.2) is 15.2 Å². The SMILES string of the molecule is Nc1cccc(-c2n[nH]c(Cc3c(F)cccc3Cl)n2)c1. The van der Waals surface area contributed by atoms with Gasteiger partial charge in [-0.1, -0.05) is 29.8 Å². The standard InChI is InChI=1S/C15H12ClFN4/c16-12-5-2-6-13(17)11(12)8-14-19-15(21-20-14)9-3-1-4-10(18)7-9/h1-7H,8,18H2,(H,19,20,21). The van der Waals surface area contributed by atoms with Crippen molar-refractivity contribution in [2.24, 2.45) is 0 Å². The molecule has 0 fully saturated rings. The molecule has 0 bridgehead atoms. The van der Waals surface area contributed by atoms with Crippen LogP contribution in [0.2, 0.25) is 5.02 Å². The zero-order valence-electron chi connectivity index (χ0n) is 11.0. The van der Waals surface area contributed by atoms with Gasteiger partial charge in [0.05, 0.1) is 0 Å². The highest BCUT2D eigenvalue weighted by Gasteiger charge is 2.12. The molecule has 3 rings (SSSR count). The molecule has 3 aromatic rings. The van der Waals surface area contributed by atoms with Crippen LogP contribution in [0.5, 0.6) is 0 Å². The van der Waals surface area contributed by atoms with Gasteiger partial charge in [-0.2, -0.15) is 5.10 Å². The number of anilines is 1. The van der Waals surface area contributed by atoms with Crippen molar-refractivity contribution in [2.75, 3.05) is 5.73 Å². The number of rotatable bonds is 3. The number of halogens is 2. The lowest BCUT2D eigenvalue weighted by molar-refractivity contribution is 0.612. The first-order chi connectivity index (χ1) is 10.1.